The number of sulfonamides is 1. The molecule has 0 atom stereocenters. The molecule has 0 aliphatic carbocycles. The quantitative estimate of drug-likeness (QED) is 0.759. The van der Waals surface area contributed by atoms with Gasteiger partial charge in [-0.15, -0.1) is 0 Å². The van der Waals surface area contributed by atoms with Crippen LogP contribution in [-0.4, -0.2) is 19.2 Å². The number of benzene rings is 1. The number of thiocarbonyl (C=S) groups is 1. The molecule has 88 valence electrons. The predicted molar refractivity (Wildman–Crippen MR) is 63.8 cm³/mol. The summed E-state index contributed by atoms with van der Waals surface area (Å²) in [6, 6.07) is 5.52. The van der Waals surface area contributed by atoms with Gasteiger partial charge in [-0.2, -0.15) is 0 Å². The van der Waals surface area contributed by atoms with Crippen molar-refractivity contribution in [3.05, 3.63) is 35.6 Å². The third-order valence-electron chi connectivity index (χ3n) is 1.74. The fourth-order valence-corrected chi connectivity index (χ4v) is 2.36. The average Bonchev–Trinajstić information content (AvgIpc) is 2.15. The molecule has 16 heavy (non-hydrogen) atoms. The normalized spacial score (nSPS) is 11.3. The minimum Gasteiger partial charge on any atom is -0.392 e. The van der Waals surface area contributed by atoms with Crippen LogP contribution in [0.2, 0.25) is 0 Å². The van der Waals surface area contributed by atoms with Crippen molar-refractivity contribution in [3.63, 3.8) is 0 Å². The number of hydrogen-bond acceptors (Lipinski definition) is 3. The van der Waals surface area contributed by atoms with Gasteiger partial charge in [0.15, 0.2) is 0 Å². The molecule has 0 aromatic heterocycles. The predicted octanol–water partition coefficient (Wildman–Crippen LogP) is 0.531. The number of hydrogen-bond donors (Lipinski definition) is 2. The van der Waals surface area contributed by atoms with Crippen molar-refractivity contribution in [1.29, 1.82) is 0 Å². The van der Waals surface area contributed by atoms with Crippen molar-refractivity contribution in [2.24, 2.45) is 5.73 Å². The Kier molecular flexibility index (Phi) is 4.34. The monoisotopic (exact) mass is 262 g/mol. The summed E-state index contributed by atoms with van der Waals surface area (Å²) < 4.78 is 37.5. The molecule has 0 saturated carbocycles. The first-order valence-corrected chi connectivity index (χ1v) is 6.45. The molecule has 0 heterocycles. The Morgan fingerprint density at radius 2 is 1.94 bits per heavy atom. The van der Waals surface area contributed by atoms with E-state index in [1.165, 1.54) is 24.3 Å². The van der Waals surface area contributed by atoms with E-state index in [2.05, 4.69) is 16.9 Å². The lowest BCUT2D eigenvalue weighted by atomic mass is 10.2. The van der Waals surface area contributed by atoms with Crippen LogP contribution < -0.4 is 10.5 Å². The molecule has 0 amide bonds. The third-order valence-corrected chi connectivity index (χ3v) is 3.34. The Morgan fingerprint density at radius 3 is 2.44 bits per heavy atom. The summed E-state index contributed by atoms with van der Waals surface area (Å²) in [5, 5.41) is 0. The van der Waals surface area contributed by atoms with Gasteiger partial charge in [0, 0.05) is 6.54 Å². The van der Waals surface area contributed by atoms with Gasteiger partial charge in [0.25, 0.3) is 0 Å². The van der Waals surface area contributed by atoms with E-state index >= 15 is 0 Å². The van der Waals surface area contributed by atoms with Crippen LogP contribution in [-0.2, 0) is 16.6 Å². The van der Waals surface area contributed by atoms with E-state index in [1.807, 2.05) is 0 Å². The Balaban J connectivity index is 2.58. The maximum absolute atomic E-state index is 12.6. The van der Waals surface area contributed by atoms with Crippen LogP contribution >= 0.6 is 12.2 Å². The summed E-state index contributed by atoms with van der Waals surface area (Å²) in [4.78, 5) is -0.0911. The summed E-state index contributed by atoms with van der Waals surface area (Å²) in [7, 11) is -3.50. The zero-order chi connectivity index (χ0) is 12.2. The fourth-order valence-electron chi connectivity index (χ4n) is 1.03. The van der Waals surface area contributed by atoms with Gasteiger partial charge in [0.2, 0.25) is 10.0 Å². The van der Waals surface area contributed by atoms with Crippen LogP contribution in [0.15, 0.2) is 24.3 Å². The Bertz CT molecular complexity index is 471. The van der Waals surface area contributed by atoms with Crippen molar-refractivity contribution >= 4 is 27.2 Å². The van der Waals surface area contributed by atoms with Crippen LogP contribution in [0.5, 0.6) is 0 Å². The van der Waals surface area contributed by atoms with Gasteiger partial charge in [0.1, 0.15) is 11.6 Å². The largest absolute Gasteiger partial charge is 0.392 e. The smallest absolute Gasteiger partial charge is 0.218 e. The molecule has 0 fully saturated rings. The van der Waals surface area contributed by atoms with Crippen LogP contribution in [0, 0.1) is 5.82 Å². The Morgan fingerprint density at radius 1 is 1.38 bits per heavy atom. The maximum atomic E-state index is 12.6. The second kappa shape index (κ2) is 5.33. The zero-order valence-electron chi connectivity index (χ0n) is 8.31. The number of nitrogens with one attached hydrogen (secondary N) is 1. The van der Waals surface area contributed by atoms with E-state index in [-0.39, 0.29) is 23.1 Å². The highest BCUT2D eigenvalue weighted by molar-refractivity contribution is 7.92. The topological polar surface area (TPSA) is 72.2 Å². The SMILES string of the molecule is NC(=S)CS(=O)(=O)NCc1ccc(F)cc1. The van der Waals surface area contributed by atoms with Crippen molar-refractivity contribution in [3.8, 4) is 0 Å². The minimum absolute atomic E-state index is 0.0885. The van der Waals surface area contributed by atoms with Gasteiger partial charge in [-0.05, 0) is 17.7 Å². The molecule has 0 radical (unpaired) electrons. The van der Waals surface area contributed by atoms with Gasteiger partial charge in [-0.3, -0.25) is 0 Å². The van der Waals surface area contributed by atoms with E-state index in [9.17, 15) is 12.8 Å². The molecule has 0 unspecified atom stereocenters. The van der Waals surface area contributed by atoms with Crippen LogP contribution in [0.1, 0.15) is 5.56 Å². The van der Waals surface area contributed by atoms with Crippen LogP contribution in [0.3, 0.4) is 0 Å². The molecule has 4 nitrogen and oxygen atoms in total. The molecule has 0 saturated heterocycles. The molecule has 0 aliphatic heterocycles. The highest BCUT2D eigenvalue weighted by Crippen LogP contribution is 2.02. The Hall–Kier alpha value is -1.05. The first kappa shape index (κ1) is 13.0. The molecule has 1 aromatic rings. The maximum Gasteiger partial charge on any atom is 0.218 e. The minimum atomic E-state index is -3.50. The van der Waals surface area contributed by atoms with E-state index < -0.39 is 10.0 Å². The van der Waals surface area contributed by atoms with Crippen LogP contribution in [0.25, 0.3) is 0 Å². The summed E-state index contributed by atoms with van der Waals surface area (Å²) in [5.41, 5.74) is 5.79. The molecular formula is C9H11FN2O2S2. The second-order valence-corrected chi connectivity index (χ2v) is 5.50. The summed E-state index contributed by atoms with van der Waals surface area (Å²) in [5.74, 6) is -0.751. The highest BCUT2D eigenvalue weighted by Gasteiger charge is 2.10. The number of nitrogens with two attached hydrogens (primary N) is 1. The number of rotatable bonds is 5. The van der Waals surface area contributed by atoms with Crippen molar-refractivity contribution in [1.82, 2.24) is 4.72 Å². The van der Waals surface area contributed by atoms with Gasteiger partial charge >= 0.3 is 0 Å². The highest BCUT2D eigenvalue weighted by atomic mass is 32.2. The average molecular weight is 262 g/mol. The van der Waals surface area contributed by atoms with E-state index in [0.29, 0.717) is 5.56 Å². The standard InChI is InChI=1S/C9H11FN2O2S2/c10-8-3-1-7(2-4-8)5-12-16(13,14)6-9(11)15/h1-4,12H,5-6H2,(H2,11,15). The van der Waals surface area contributed by atoms with Gasteiger partial charge < -0.3 is 5.73 Å². The van der Waals surface area contributed by atoms with Crippen molar-refractivity contribution in [2.75, 3.05) is 5.75 Å². The molecule has 1 rings (SSSR count). The first-order valence-electron chi connectivity index (χ1n) is 4.39. The molecule has 3 N–H and O–H groups in total. The van der Waals surface area contributed by atoms with E-state index in [1.54, 1.807) is 0 Å². The van der Waals surface area contributed by atoms with Crippen molar-refractivity contribution < 1.29 is 12.8 Å². The van der Waals surface area contributed by atoms with E-state index in [0.717, 1.165) is 0 Å². The molecule has 0 aliphatic rings. The van der Waals surface area contributed by atoms with Gasteiger partial charge in [-0.25, -0.2) is 17.5 Å². The van der Waals surface area contributed by atoms with E-state index in [4.69, 9.17) is 5.73 Å². The number of halogens is 1. The summed E-state index contributed by atoms with van der Waals surface area (Å²) in [6.45, 7) is 0.0885. The van der Waals surface area contributed by atoms with Crippen LogP contribution in [0.4, 0.5) is 4.39 Å². The second-order valence-electron chi connectivity index (χ2n) is 3.17. The first-order chi connectivity index (χ1) is 7.39. The zero-order valence-corrected chi connectivity index (χ0v) is 9.94. The Labute approximate surface area is 98.7 Å². The summed E-state index contributed by atoms with van der Waals surface area (Å²) >= 11 is 4.50. The molecular weight excluding hydrogens is 251 g/mol. The molecule has 0 spiro atoms. The molecule has 1 aromatic carbocycles. The van der Waals surface area contributed by atoms with Gasteiger partial charge in [0.05, 0.1) is 4.99 Å². The lowest BCUT2D eigenvalue weighted by Crippen LogP contribution is -2.31. The molecule has 0 bridgehead atoms. The third kappa shape index (κ3) is 4.65. The fraction of sp³-hybridized carbons (Fsp3) is 0.222. The lowest BCUT2D eigenvalue weighted by Gasteiger charge is -2.05. The summed E-state index contributed by atoms with van der Waals surface area (Å²) in [6.07, 6.45) is 0. The lowest BCUT2D eigenvalue weighted by molar-refractivity contribution is 0.585. The van der Waals surface area contributed by atoms with Crippen molar-refractivity contribution in [2.45, 2.75) is 6.54 Å². The van der Waals surface area contributed by atoms with Gasteiger partial charge in [-0.1, -0.05) is 24.4 Å². The molecule has 7 heteroatoms.